The van der Waals surface area contributed by atoms with Crippen LogP contribution in [0.25, 0.3) is 22.6 Å². The molecule has 0 aliphatic heterocycles. The first-order chi connectivity index (χ1) is 14.9. The van der Waals surface area contributed by atoms with Gasteiger partial charge in [0.05, 0.1) is 18.6 Å². The second-order valence-corrected chi connectivity index (χ2v) is 8.23. The van der Waals surface area contributed by atoms with Crippen LogP contribution in [0, 0.1) is 11.6 Å². The van der Waals surface area contributed by atoms with E-state index in [1.165, 1.54) is 0 Å². The first kappa shape index (κ1) is 21.3. The maximum Gasteiger partial charge on any atom is 0.234 e. The molecule has 2 heterocycles. The monoisotopic (exact) mass is 508 g/mol. The second kappa shape index (κ2) is 8.67. The number of carbonyl (C=O) groups is 1. The molecule has 4 rings (SSSR count). The maximum atomic E-state index is 13.9. The lowest BCUT2D eigenvalue weighted by molar-refractivity contribution is -0.113. The van der Waals surface area contributed by atoms with Gasteiger partial charge in [-0.3, -0.25) is 4.79 Å². The van der Waals surface area contributed by atoms with Crippen LogP contribution in [0.2, 0.25) is 0 Å². The topological polar surface area (TPSA) is 82.2 Å². The quantitative estimate of drug-likeness (QED) is 0.368. The summed E-state index contributed by atoms with van der Waals surface area (Å²) in [5.74, 6) is -0.552. The van der Waals surface area contributed by atoms with Gasteiger partial charge in [0.2, 0.25) is 5.91 Å². The molecule has 0 radical (unpaired) electrons. The fourth-order valence-electron chi connectivity index (χ4n) is 2.93. The van der Waals surface area contributed by atoms with E-state index in [9.17, 15) is 13.6 Å². The Kier molecular flexibility index (Phi) is 5.96. The van der Waals surface area contributed by atoms with Crippen molar-refractivity contribution in [1.82, 2.24) is 14.8 Å². The zero-order chi connectivity index (χ0) is 22.1. The Morgan fingerprint density at radius 3 is 2.84 bits per heavy atom. The largest absolute Gasteiger partial charge is 0.493 e. The smallest absolute Gasteiger partial charge is 0.234 e. The minimum Gasteiger partial charge on any atom is -0.493 e. The number of para-hydroxylation sites is 1. The summed E-state index contributed by atoms with van der Waals surface area (Å²) >= 11 is 4.16. The minimum atomic E-state index is -0.869. The number of ether oxygens (including phenoxy) is 1. The molecule has 0 atom stereocenters. The van der Waals surface area contributed by atoms with Gasteiger partial charge in [-0.1, -0.05) is 23.9 Å². The van der Waals surface area contributed by atoms with Crippen molar-refractivity contribution < 1.29 is 22.7 Å². The van der Waals surface area contributed by atoms with Gasteiger partial charge in [0, 0.05) is 23.0 Å². The van der Waals surface area contributed by atoms with E-state index >= 15 is 0 Å². The van der Waals surface area contributed by atoms with Crippen LogP contribution >= 0.6 is 27.7 Å². The number of nitrogens with one attached hydrogen (secondary N) is 1. The number of methoxy groups -OCH3 is 1. The Hall–Kier alpha value is -2.92. The van der Waals surface area contributed by atoms with Crippen LogP contribution in [0.15, 0.2) is 50.4 Å². The van der Waals surface area contributed by atoms with Gasteiger partial charge >= 0.3 is 0 Å². The Morgan fingerprint density at radius 2 is 2.10 bits per heavy atom. The third-order valence-corrected chi connectivity index (χ3v) is 6.03. The molecule has 1 N–H and O–H groups in total. The summed E-state index contributed by atoms with van der Waals surface area (Å²) < 4.78 is 40.1. The molecule has 31 heavy (non-hydrogen) atoms. The standard InChI is InChI=1S/C20H15BrF2N4O3S/c1-27-19(15-6-10-4-3-5-14(29-2)18(10)30-15)25-26-20(27)31-9-16(28)24-17-12(21)7-11(22)8-13(17)23/h3-8H,9H2,1-2H3,(H,24,28). The van der Waals surface area contributed by atoms with Crippen LogP contribution < -0.4 is 10.1 Å². The number of carbonyl (C=O) groups excluding carboxylic acids is 1. The van der Waals surface area contributed by atoms with E-state index < -0.39 is 17.5 Å². The predicted molar refractivity (Wildman–Crippen MR) is 116 cm³/mol. The Labute approximate surface area is 187 Å². The SMILES string of the molecule is COc1cccc2cc(-c3nnc(SCC(=O)Nc4c(F)cc(F)cc4Br)n3C)oc12. The Morgan fingerprint density at radius 1 is 1.29 bits per heavy atom. The average molecular weight is 509 g/mol. The number of hydrogen-bond acceptors (Lipinski definition) is 6. The highest BCUT2D eigenvalue weighted by molar-refractivity contribution is 9.10. The molecule has 2 aromatic carbocycles. The lowest BCUT2D eigenvalue weighted by atomic mass is 10.2. The van der Waals surface area contributed by atoms with Crippen molar-refractivity contribution in [1.29, 1.82) is 0 Å². The normalized spacial score (nSPS) is 11.1. The minimum absolute atomic E-state index is 0.0524. The van der Waals surface area contributed by atoms with Crippen LogP contribution in [-0.4, -0.2) is 33.5 Å². The molecule has 7 nitrogen and oxygen atoms in total. The van der Waals surface area contributed by atoms with Crippen molar-refractivity contribution in [3.8, 4) is 17.3 Å². The van der Waals surface area contributed by atoms with E-state index in [1.807, 2.05) is 18.2 Å². The fourth-order valence-corrected chi connectivity index (χ4v) is 4.15. The maximum absolute atomic E-state index is 13.9. The number of hydrogen-bond donors (Lipinski definition) is 1. The molecule has 11 heteroatoms. The molecule has 0 fully saturated rings. The number of thioether (sulfide) groups is 1. The van der Waals surface area contributed by atoms with Gasteiger partial charge in [-0.2, -0.15) is 0 Å². The van der Waals surface area contributed by atoms with Crippen LogP contribution in [0.4, 0.5) is 14.5 Å². The molecule has 2 aromatic heterocycles. The number of aromatic nitrogens is 3. The average Bonchev–Trinajstić information content (AvgIpc) is 3.32. The lowest BCUT2D eigenvalue weighted by Gasteiger charge is -2.08. The van der Waals surface area contributed by atoms with Crippen LogP contribution in [0.1, 0.15) is 0 Å². The number of amides is 1. The number of furan rings is 1. The Bertz CT molecular complexity index is 1270. The van der Waals surface area contributed by atoms with E-state index in [0.717, 1.165) is 23.2 Å². The molecular formula is C20H15BrF2N4O3S. The van der Waals surface area contributed by atoms with E-state index in [2.05, 4.69) is 31.4 Å². The molecule has 0 saturated carbocycles. The van der Waals surface area contributed by atoms with E-state index in [-0.39, 0.29) is 15.9 Å². The molecule has 4 aromatic rings. The number of fused-ring (bicyclic) bond motifs is 1. The highest BCUT2D eigenvalue weighted by atomic mass is 79.9. The summed E-state index contributed by atoms with van der Waals surface area (Å²) in [7, 11) is 3.31. The Balaban J connectivity index is 1.49. The number of anilines is 1. The first-order valence-corrected chi connectivity index (χ1v) is 10.7. The van der Waals surface area contributed by atoms with Crippen molar-refractivity contribution >= 4 is 50.3 Å². The molecular weight excluding hydrogens is 494 g/mol. The van der Waals surface area contributed by atoms with Gasteiger partial charge in [0.25, 0.3) is 0 Å². The summed E-state index contributed by atoms with van der Waals surface area (Å²) in [5, 5.41) is 12.0. The van der Waals surface area contributed by atoms with Gasteiger partial charge < -0.3 is 19.0 Å². The van der Waals surface area contributed by atoms with E-state index in [4.69, 9.17) is 9.15 Å². The van der Waals surface area contributed by atoms with Crippen molar-refractivity contribution in [2.24, 2.45) is 7.05 Å². The van der Waals surface area contributed by atoms with E-state index in [0.29, 0.717) is 34.1 Å². The third-order valence-electron chi connectivity index (χ3n) is 4.39. The molecule has 0 spiro atoms. The number of rotatable bonds is 6. The van der Waals surface area contributed by atoms with Gasteiger partial charge in [-0.25, -0.2) is 8.78 Å². The molecule has 160 valence electrons. The summed E-state index contributed by atoms with van der Waals surface area (Å²) in [5.41, 5.74) is 0.477. The highest BCUT2D eigenvalue weighted by Gasteiger charge is 2.19. The molecule has 0 aliphatic rings. The predicted octanol–water partition coefficient (Wildman–Crippen LogP) is 5.01. The van der Waals surface area contributed by atoms with Gasteiger partial charge in [-0.15, -0.1) is 10.2 Å². The van der Waals surface area contributed by atoms with Crippen molar-refractivity contribution in [2.45, 2.75) is 5.16 Å². The number of benzene rings is 2. The van der Waals surface area contributed by atoms with Crippen LogP contribution in [0.5, 0.6) is 5.75 Å². The lowest BCUT2D eigenvalue weighted by Crippen LogP contribution is -2.16. The van der Waals surface area contributed by atoms with Crippen molar-refractivity contribution in [3.63, 3.8) is 0 Å². The number of halogens is 3. The van der Waals surface area contributed by atoms with Crippen LogP contribution in [-0.2, 0) is 11.8 Å². The summed E-state index contributed by atoms with van der Waals surface area (Å²) in [6.07, 6.45) is 0. The van der Waals surface area contributed by atoms with Gasteiger partial charge in [-0.05, 0) is 34.1 Å². The summed E-state index contributed by atoms with van der Waals surface area (Å²) in [4.78, 5) is 12.2. The number of nitrogens with zero attached hydrogens (tertiary/aromatic N) is 3. The zero-order valence-corrected chi connectivity index (χ0v) is 18.7. The molecule has 0 saturated heterocycles. The summed E-state index contributed by atoms with van der Waals surface area (Å²) in [6, 6.07) is 9.16. The highest BCUT2D eigenvalue weighted by Crippen LogP contribution is 2.33. The third kappa shape index (κ3) is 4.28. The van der Waals surface area contributed by atoms with Gasteiger partial charge in [0.1, 0.15) is 5.82 Å². The molecule has 1 amide bonds. The molecule has 0 unspecified atom stereocenters. The second-order valence-electron chi connectivity index (χ2n) is 6.44. The van der Waals surface area contributed by atoms with Gasteiger partial charge in [0.15, 0.2) is 33.9 Å². The fraction of sp³-hybridized carbons (Fsp3) is 0.150. The summed E-state index contributed by atoms with van der Waals surface area (Å²) in [6.45, 7) is 0. The van der Waals surface area contributed by atoms with E-state index in [1.54, 1.807) is 24.8 Å². The van der Waals surface area contributed by atoms with Crippen LogP contribution in [0.3, 0.4) is 0 Å². The zero-order valence-electron chi connectivity index (χ0n) is 16.3. The first-order valence-electron chi connectivity index (χ1n) is 8.91. The van der Waals surface area contributed by atoms with Crippen molar-refractivity contribution in [2.75, 3.05) is 18.2 Å². The van der Waals surface area contributed by atoms with Crippen molar-refractivity contribution in [3.05, 3.63) is 52.5 Å². The molecule has 0 bridgehead atoms. The molecule has 0 aliphatic carbocycles.